The van der Waals surface area contributed by atoms with Crippen LogP contribution >= 0.6 is 37.4 Å². The van der Waals surface area contributed by atoms with Crippen LogP contribution in [-0.4, -0.2) is 25.4 Å². The third kappa shape index (κ3) is 15.9. The van der Waals surface area contributed by atoms with Crippen LogP contribution in [0.3, 0.4) is 0 Å². The molecular weight excluding hydrogens is 194 g/mol. The summed E-state index contributed by atoms with van der Waals surface area (Å²) in [5.41, 5.74) is 5.25. The summed E-state index contributed by atoms with van der Waals surface area (Å²) in [5.74, 6) is 0.907. The van der Waals surface area contributed by atoms with Gasteiger partial charge in [-0.1, -0.05) is 0 Å². The number of nitrogens with two attached hydrogens (primary N) is 1. The van der Waals surface area contributed by atoms with Crippen molar-refractivity contribution in [1.29, 1.82) is 0 Å². The van der Waals surface area contributed by atoms with Gasteiger partial charge in [-0.25, -0.2) is 0 Å². The molecule has 0 aromatic heterocycles. The van der Waals surface area contributed by atoms with Gasteiger partial charge in [-0.15, -0.1) is 24.8 Å². The molecule has 0 saturated heterocycles. The molecule has 0 fully saturated rings. The van der Waals surface area contributed by atoms with Gasteiger partial charge in [0.15, 0.2) is 0 Å². The van der Waals surface area contributed by atoms with Gasteiger partial charge in [-0.05, 0) is 19.5 Å². The Bertz CT molecular complexity index is 42.6. The summed E-state index contributed by atoms with van der Waals surface area (Å²) < 4.78 is 0. The number of hydrogen-bond acceptors (Lipinski definition) is 3. The Hall–Kier alpha value is 0.850. The summed E-state index contributed by atoms with van der Waals surface area (Å²) in [6.07, 6.45) is 1.06. The number of thiol groups is 1. The van der Waals surface area contributed by atoms with E-state index in [2.05, 4.69) is 17.9 Å². The Morgan fingerprint density at radius 2 is 1.80 bits per heavy atom. The van der Waals surface area contributed by atoms with Crippen molar-refractivity contribution in [2.45, 2.75) is 6.42 Å². The van der Waals surface area contributed by atoms with E-state index in [4.69, 9.17) is 5.73 Å². The SMILES string of the molecule is Cl.Cl.N[13CH2][13CH2][13CH2]NCCS. The van der Waals surface area contributed by atoms with E-state index in [1.165, 1.54) is 0 Å². The molecule has 0 aromatic rings. The quantitative estimate of drug-likeness (QED) is 0.355. The van der Waals surface area contributed by atoms with Crippen molar-refractivity contribution in [2.75, 3.05) is 25.4 Å². The highest BCUT2D eigenvalue weighted by molar-refractivity contribution is 7.80. The van der Waals surface area contributed by atoms with E-state index in [0.29, 0.717) is 0 Å². The molecule has 0 amide bonds. The van der Waals surface area contributed by atoms with Crippen LogP contribution < -0.4 is 11.1 Å². The zero-order valence-corrected chi connectivity index (χ0v) is 8.40. The molecule has 0 spiro atoms. The second-order valence-electron chi connectivity index (χ2n) is 1.62. The van der Waals surface area contributed by atoms with Crippen LogP contribution in [-0.2, 0) is 0 Å². The maximum Gasteiger partial charge on any atom is 0.00397 e. The first-order valence-corrected chi connectivity index (χ1v) is 3.56. The normalized spacial score (nSPS) is 7.80. The lowest BCUT2D eigenvalue weighted by Crippen LogP contribution is -2.20. The Kier molecular flexibility index (Phi) is 28.1. The van der Waals surface area contributed by atoms with Crippen LogP contribution in [0.5, 0.6) is 0 Å². The second kappa shape index (κ2) is 16.4. The first-order valence-electron chi connectivity index (χ1n) is 2.93. The summed E-state index contributed by atoms with van der Waals surface area (Å²) in [5, 5.41) is 3.18. The highest BCUT2D eigenvalue weighted by Gasteiger charge is 1.80. The zero-order valence-electron chi connectivity index (χ0n) is 5.88. The molecule has 5 heteroatoms. The highest BCUT2D eigenvalue weighted by atomic mass is 35.5. The lowest BCUT2D eigenvalue weighted by Gasteiger charge is -1.97. The van der Waals surface area contributed by atoms with Crippen molar-refractivity contribution in [3.8, 4) is 0 Å². The van der Waals surface area contributed by atoms with Crippen molar-refractivity contribution in [3.63, 3.8) is 0 Å². The van der Waals surface area contributed by atoms with Crippen molar-refractivity contribution in [1.82, 2.24) is 5.32 Å². The lowest BCUT2D eigenvalue weighted by molar-refractivity contribution is 0.683. The van der Waals surface area contributed by atoms with E-state index in [1.54, 1.807) is 0 Å². The topological polar surface area (TPSA) is 38.0 Å². The van der Waals surface area contributed by atoms with Crippen LogP contribution in [0.15, 0.2) is 0 Å². The number of nitrogens with one attached hydrogen (secondary N) is 1. The Labute approximate surface area is 80.6 Å². The van der Waals surface area contributed by atoms with Gasteiger partial charge in [-0.3, -0.25) is 0 Å². The van der Waals surface area contributed by atoms with Gasteiger partial charge in [-0.2, -0.15) is 12.6 Å². The average Bonchev–Trinajstić information content (AvgIpc) is 1.81. The molecule has 10 heavy (non-hydrogen) atoms. The van der Waals surface area contributed by atoms with E-state index < -0.39 is 0 Å². The van der Waals surface area contributed by atoms with Crippen molar-refractivity contribution in [3.05, 3.63) is 0 Å². The van der Waals surface area contributed by atoms with Gasteiger partial charge >= 0.3 is 0 Å². The first-order chi connectivity index (χ1) is 3.91. The van der Waals surface area contributed by atoms with Crippen molar-refractivity contribution < 1.29 is 0 Å². The minimum absolute atomic E-state index is 0. The molecule has 3 N–H and O–H groups in total. The molecule has 0 rings (SSSR count). The molecule has 66 valence electrons. The third-order valence-electron chi connectivity index (χ3n) is 0.846. The van der Waals surface area contributed by atoms with Gasteiger partial charge in [0.25, 0.3) is 0 Å². The van der Waals surface area contributed by atoms with Crippen LogP contribution in [0.1, 0.15) is 6.42 Å². The summed E-state index contributed by atoms with van der Waals surface area (Å²) in [6, 6.07) is 0. The molecular formula is C5H16Cl2N2S. The average molecular weight is 210 g/mol. The van der Waals surface area contributed by atoms with E-state index >= 15 is 0 Å². The third-order valence-corrected chi connectivity index (χ3v) is 1.07. The maximum absolute atomic E-state index is 5.25. The van der Waals surface area contributed by atoms with Crippen LogP contribution in [0.2, 0.25) is 0 Å². The van der Waals surface area contributed by atoms with E-state index in [1.807, 2.05) is 0 Å². The monoisotopic (exact) mass is 209 g/mol. The minimum atomic E-state index is 0. The van der Waals surface area contributed by atoms with Crippen LogP contribution in [0.25, 0.3) is 0 Å². The predicted molar refractivity (Wildman–Crippen MR) is 54.9 cm³/mol. The molecule has 0 aromatic carbocycles. The lowest BCUT2D eigenvalue weighted by atomic mass is 10.8. The van der Waals surface area contributed by atoms with Gasteiger partial charge in [0.2, 0.25) is 0 Å². The fourth-order valence-corrected chi connectivity index (χ4v) is 0.589. The standard InChI is InChI=1S/C5H14N2S.2ClH/c6-2-1-3-7-4-5-8;;/h7-8H,1-6H2;2*1H/i1+1,2+1,3+1;;. The van der Waals surface area contributed by atoms with Gasteiger partial charge in [0.1, 0.15) is 0 Å². The molecule has 0 aliphatic heterocycles. The zero-order chi connectivity index (χ0) is 6.24. The Balaban J connectivity index is -0.000000245. The molecule has 0 aliphatic rings. The molecule has 0 saturated carbocycles. The minimum Gasteiger partial charge on any atom is -0.330 e. The predicted octanol–water partition coefficient (Wildman–Crippen LogP) is 0.698. The van der Waals surface area contributed by atoms with Crippen molar-refractivity contribution in [2.24, 2.45) is 5.73 Å². The van der Waals surface area contributed by atoms with Crippen molar-refractivity contribution >= 4 is 37.4 Å². The van der Waals surface area contributed by atoms with E-state index in [9.17, 15) is 0 Å². The second-order valence-corrected chi connectivity index (χ2v) is 2.06. The Morgan fingerprint density at radius 1 is 1.20 bits per heavy atom. The van der Waals surface area contributed by atoms with E-state index in [0.717, 1.165) is 31.8 Å². The van der Waals surface area contributed by atoms with E-state index in [-0.39, 0.29) is 24.8 Å². The number of rotatable bonds is 5. The van der Waals surface area contributed by atoms with Gasteiger partial charge in [0.05, 0.1) is 0 Å². The summed E-state index contributed by atoms with van der Waals surface area (Å²) >= 11 is 4.03. The number of hydrogen-bond donors (Lipinski definition) is 3. The van der Waals surface area contributed by atoms with Crippen LogP contribution in [0, 0.1) is 0 Å². The number of halogens is 2. The summed E-state index contributed by atoms with van der Waals surface area (Å²) in [7, 11) is 0. The molecule has 2 nitrogen and oxygen atoms in total. The maximum atomic E-state index is 5.25. The summed E-state index contributed by atoms with van der Waals surface area (Å²) in [6.45, 7) is 2.79. The molecule has 0 heterocycles. The van der Waals surface area contributed by atoms with Gasteiger partial charge in [0, 0.05) is 12.3 Å². The van der Waals surface area contributed by atoms with Crippen LogP contribution in [0.4, 0.5) is 0 Å². The molecule has 0 unspecified atom stereocenters. The molecule has 0 atom stereocenters. The molecule has 0 bridgehead atoms. The molecule has 0 aliphatic carbocycles. The first kappa shape index (κ1) is 17.1. The summed E-state index contributed by atoms with van der Waals surface area (Å²) in [4.78, 5) is 0. The fraction of sp³-hybridized carbons (Fsp3) is 1.00. The van der Waals surface area contributed by atoms with Gasteiger partial charge < -0.3 is 11.1 Å². The Morgan fingerprint density at radius 3 is 2.20 bits per heavy atom. The largest absolute Gasteiger partial charge is 0.330 e. The highest BCUT2D eigenvalue weighted by Crippen LogP contribution is 1.71. The fourth-order valence-electron chi connectivity index (χ4n) is 0.431. The molecule has 0 radical (unpaired) electrons. The smallest absolute Gasteiger partial charge is 0.00397 e.